The summed E-state index contributed by atoms with van der Waals surface area (Å²) in [4.78, 5) is 12.9. The van der Waals surface area contributed by atoms with E-state index in [4.69, 9.17) is 5.11 Å². The highest BCUT2D eigenvalue weighted by molar-refractivity contribution is 5.70. The monoisotopic (exact) mass is 219 g/mol. The molecule has 0 aromatic heterocycles. The van der Waals surface area contributed by atoms with E-state index < -0.39 is 5.97 Å². The summed E-state index contributed by atoms with van der Waals surface area (Å²) in [7, 11) is 2.00. The molecular formula is C13H17NO2. The number of nitrogens with zero attached hydrogens (tertiary/aromatic N) is 1. The lowest BCUT2D eigenvalue weighted by atomic mass is 9.92. The Morgan fingerprint density at radius 1 is 1.56 bits per heavy atom. The van der Waals surface area contributed by atoms with Crippen LogP contribution in [0.3, 0.4) is 0 Å². The number of fused-ring (bicyclic) bond motifs is 1. The maximum Gasteiger partial charge on any atom is 0.305 e. The number of aliphatic carboxylic acids is 1. The van der Waals surface area contributed by atoms with Crippen LogP contribution in [0.25, 0.3) is 0 Å². The first kappa shape index (κ1) is 11.0. The van der Waals surface area contributed by atoms with Crippen molar-refractivity contribution in [3.05, 3.63) is 29.3 Å². The standard InChI is InChI=1S/C13H17NO2/c1-9-4-3-5-10-6-7-11(8-12(15)16)14(2)13(9)10/h3-5,11H,6-8H2,1-2H3,(H,15,16). The van der Waals surface area contributed by atoms with E-state index in [9.17, 15) is 4.79 Å². The Morgan fingerprint density at radius 2 is 2.31 bits per heavy atom. The van der Waals surface area contributed by atoms with Gasteiger partial charge in [-0.1, -0.05) is 18.2 Å². The van der Waals surface area contributed by atoms with Gasteiger partial charge in [0.05, 0.1) is 6.42 Å². The van der Waals surface area contributed by atoms with Gasteiger partial charge in [0.15, 0.2) is 0 Å². The quantitative estimate of drug-likeness (QED) is 0.829. The third-order valence-electron chi connectivity index (χ3n) is 3.38. The van der Waals surface area contributed by atoms with Crippen molar-refractivity contribution in [2.75, 3.05) is 11.9 Å². The van der Waals surface area contributed by atoms with Crippen LogP contribution in [0.2, 0.25) is 0 Å². The Kier molecular flexibility index (Phi) is 2.86. The van der Waals surface area contributed by atoms with Gasteiger partial charge in [0.25, 0.3) is 0 Å². The molecule has 0 saturated carbocycles. The van der Waals surface area contributed by atoms with Crippen LogP contribution >= 0.6 is 0 Å². The van der Waals surface area contributed by atoms with E-state index in [0.29, 0.717) is 0 Å². The van der Waals surface area contributed by atoms with Gasteiger partial charge >= 0.3 is 5.97 Å². The third kappa shape index (κ3) is 1.90. The first-order chi connectivity index (χ1) is 7.59. The zero-order chi connectivity index (χ0) is 11.7. The fourth-order valence-corrected chi connectivity index (χ4v) is 2.57. The van der Waals surface area contributed by atoms with Gasteiger partial charge in [-0.05, 0) is 30.9 Å². The predicted octanol–water partition coefficient (Wildman–Crippen LogP) is 2.22. The van der Waals surface area contributed by atoms with Crippen LogP contribution in [0.1, 0.15) is 24.0 Å². The Balaban J connectivity index is 2.30. The summed E-state index contributed by atoms with van der Waals surface area (Å²) in [6.45, 7) is 2.08. The predicted molar refractivity (Wildman–Crippen MR) is 63.9 cm³/mol. The zero-order valence-electron chi connectivity index (χ0n) is 9.73. The van der Waals surface area contributed by atoms with Gasteiger partial charge in [0.1, 0.15) is 0 Å². The molecule has 2 rings (SSSR count). The van der Waals surface area contributed by atoms with Gasteiger partial charge in [-0.3, -0.25) is 4.79 Å². The van der Waals surface area contributed by atoms with E-state index in [1.165, 1.54) is 16.8 Å². The smallest absolute Gasteiger partial charge is 0.305 e. The van der Waals surface area contributed by atoms with Crippen molar-refractivity contribution in [2.45, 2.75) is 32.2 Å². The minimum Gasteiger partial charge on any atom is -0.481 e. The summed E-state index contributed by atoms with van der Waals surface area (Å²) in [5.74, 6) is -0.714. The molecule has 3 heteroatoms. The number of para-hydroxylation sites is 1. The number of carboxylic acids is 1. The topological polar surface area (TPSA) is 40.5 Å². The van der Waals surface area contributed by atoms with Gasteiger partial charge < -0.3 is 10.0 Å². The van der Waals surface area contributed by atoms with Crippen LogP contribution in [0.15, 0.2) is 18.2 Å². The Labute approximate surface area is 95.7 Å². The molecule has 1 aliphatic heterocycles. The molecule has 1 heterocycles. The lowest BCUT2D eigenvalue weighted by Gasteiger charge is -2.36. The van der Waals surface area contributed by atoms with E-state index >= 15 is 0 Å². The first-order valence-corrected chi connectivity index (χ1v) is 5.62. The highest BCUT2D eigenvalue weighted by Gasteiger charge is 2.26. The van der Waals surface area contributed by atoms with Gasteiger partial charge in [-0.25, -0.2) is 0 Å². The molecule has 1 aromatic carbocycles. The molecule has 1 atom stereocenters. The van der Waals surface area contributed by atoms with Crippen LogP contribution < -0.4 is 4.90 Å². The maximum absolute atomic E-state index is 10.8. The van der Waals surface area contributed by atoms with Gasteiger partial charge in [0, 0.05) is 18.8 Å². The van der Waals surface area contributed by atoms with Crippen molar-refractivity contribution in [2.24, 2.45) is 0 Å². The molecule has 0 aliphatic carbocycles. The molecule has 3 nitrogen and oxygen atoms in total. The lowest BCUT2D eigenvalue weighted by molar-refractivity contribution is -0.137. The second-order valence-corrected chi connectivity index (χ2v) is 4.48. The second-order valence-electron chi connectivity index (χ2n) is 4.48. The molecule has 1 N–H and O–H groups in total. The second kappa shape index (κ2) is 4.16. The molecule has 1 unspecified atom stereocenters. The molecule has 0 amide bonds. The number of hydrogen-bond acceptors (Lipinski definition) is 2. The number of carboxylic acid groups (broad SMARTS) is 1. The molecule has 0 radical (unpaired) electrons. The third-order valence-corrected chi connectivity index (χ3v) is 3.38. The van der Waals surface area contributed by atoms with Crippen molar-refractivity contribution < 1.29 is 9.90 Å². The van der Waals surface area contributed by atoms with E-state index in [1.807, 2.05) is 7.05 Å². The van der Waals surface area contributed by atoms with Crippen molar-refractivity contribution in [3.63, 3.8) is 0 Å². The van der Waals surface area contributed by atoms with E-state index in [-0.39, 0.29) is 12.5 Å². The molecule has 86 valence electrons. The summed E-state index contributed by atoms with van der Waals surface area (Å²) in [5.41, 5.74) is 3.79. The highest BCUT2D eigenvalue weighted by atomic mass is 16.4. The summed E-state index contributed by atoms with van der Waals surface area (Å²) >= 11 is 0. The van der Waals surface area contributed by atoms with Crippen LogP contribution in [0.5, 0.6) is 0 Å². The SMILES string of the molecule is Cc1cccc2c1N(C)C(CC(=O)O)CC2. The van der Waals surface area contributed by atoms with E-state index in [2.05, 4.69) is 30.0 Å². The Bertz CT molecular complexity index is 414. The molecule has 0 bridgehead atoms. The molecule has 0 fully saturated rings. The van der Waals surface area contributed by atoms with Crippen molar-refractivity contribution in [1.82, 2.24) is 0 Å². The normalized spacial score (nSPS) is 19.4. The number of benzene rings is 1. The Morgan fingerprint density at radius 3 is 3.00 bits per heavy atom. The minimum atomic E-state index is -0.714. The van der Waals surface area contributed by atoms with Crippen molar-refractivity contribution in [3.8, 4) is 0 Å². The van der Waals surface area contributed by atoms with Gasteiger partial charge in [-0.2, -0.15) is 0 Å². The molecule has 0 spiro atoms. The maximum atomic E-state index is 10.8. The fraction of sp³-hybridized carbons (Fsp3) is 0.462. The van der Waals surface area contributed by atoms with Crippen molar-refractivity contribution >= 4 is 11.7 Å². The largest absolute Gasteiger partial charge is 0.481 e. The number of rotatable bonds is 2. The number of anilines is 1. The number of hydrogen-bond donors (Lipinski definition) is 1. The Hall–Kier alpha value is -1.51. The van der Waals surface area contributed by atoms with Crippen LogP contribution in [-0.4, -0.2) is 24.2 Å². The van der Waals surface area contributed by atoms with Gasteiger partial charge in [0.2, 0.25) is 0 Å². The molecule has 16 heavy (non-hydrogen) atoms. The summed E-state index contributed by atoms with van der Waals surface area (Å²) in [6.07, 6.45) is 2.14. The summed E-state index contributed by atoms with van der Waals surface area (Å²) in [6, 6.07) is 6.42. The summed E-state index contributed by atoms with van der Waals surface area (Å²) in [5, 5.41) is 8.87. The van der Waals surface area contributed by atoms with E-state index in [1.54, 1.807) is 0 Å². The zero-order valence-corrected chi connectivity index (χ0v) is 9.73. The van der Waals surface area contributed by atoms with Crippen LogP contribution in [-0.2, 0) is 11.2 Å². The fourth-order valence-electron chi connectivity index (χ4n) is 2.57. The van der Waals surface area contributed by atoms with Gasteiger partial charge in [-0.15, -0.1) is 0 Å². The average Bonchev–Trinajstić information content (AvgIpc) is 2.22. The van der Waals surface area contributed by atoms with E-state index in [0.717, 1.165) is 12.8 Å². The molecular weight excluding hydrogens is 202 g/mol. The number of aryl methyl sites for hydroxylation is 2. The highest BCUT2D eigenvalue weighted by Crippen LogP contribution is 2.33. The average molecular weight is 219 g/mol. The molecule has 1 aromatic rings. The van der Waals surface area contributed by atoms with Crippen LogP contribution in [0.4, 0.5) is 5.69 Å². The molecule has 1 aliphatic rings. The molecule has 0 saturated heterocycles. The summed E-state index contributed by atoms with van der Waals surface area (Å²) < 4.78 is 0. The first-order valence-electron chi connectivity index (χ1n) is 5.62. The number of carbonyl (C=O) groups is 1. The van der Waals surface area contributed by atoms with Crippen LogP contribution in [0, 0.1) is 6.92 Å². The van der Waals surface area contributed by atoms with Crippen molar-refractivity contribution in [1.29, 1.82) is 0 Å². The lowest BCUT2D eigenvalue weighted by Crippen LogP contribution is -2.38. The minimum absolute atomic E-state index is 0.131.